The minimum absolute atomic E-state index is 0.0163. The molecule has 0 saturated heterocycles. The lowest BCUT2D eigenvalue weighted by molar-refractivity contribution is 0.376. The monoisotopic (exact) mass is 195 g/mol. The van der Waals surface area contributed by atoms with Crippen LogP contribution in [0, 0.1) is 0 Å². The lowest BCUT2D eigenvalue weighted by Crippen LogP contribution is -2.15. The molecule has 0 spiro atoms. The number of hydrogen-bond donors (Lipinski definition) is 0. The van der Waals surface area contributed by atoms with Crippen LogP contribution in [0.4, 0.5) is 0 Å². The molecule has 0 N–H and O–H groups in total. The molecule has 1 heterocycles. The SMILES string of the molecule is COc1cnc(C(C)(C)C)c(OC)c1. The third-order valence-electron chi connectivity index (χ3n) is 1.99. The lowest BCUT2D eigenvalue weighted by atomic mass is 9.91. The predicted molar refractivity (Wildman–Crippen MR) is 56.0 cm³/mol. The van der Waals surface area contributed by atoms with Gasteiger partial charge < -0.3 is 9.47 Å². The molecule has 0 fully saturated rings. The van der Waals surface area contributed by atoms with Gasteiger partial charge in [-0.05, 0) is 0 Å². The van der Waals surface area contributed by atoms with E-state index in [9.17, 15) is 0 Å². The Morgan fingerprint density at radius 2 is 1.79 bits per heavy atom. The Morgan fingerprint density at radius 3 is 2.21 bits per heavy atom. The first-order valence-corrected chi connectivity index (χ1v) is 4.57. The first kappa shape index (κ1) is 10.8. The van der Waals surface area contributed by atoms with E-state index >= 15 is 0 Å². The van der Waals surface area contributed by atoms with Crippen LogP contribution in [0.2, 0.25) is 0 Å². The fourth-order valence-corrected chi connectivity index (χ4v) is 1.26. The maximum atomic E-state index is 5.27. The van der Waals surface area contributed by atoms with E-state index in [0.29, 0.717) is 0 Å². The summed E-state index contributed by atoms with van der Waals surface area (Å²) in [7, 11) is 3.26. The van der Waals surface area contributed by atoms with E-state index in [-0.39, 0.29) is 5.41 Å². The molecule has 1 rings (SSSR count). The molecule has 0 atom stereocenters. The maximum absolute atomic E-state index is 5.27. The summed E-state index contributed by atoms with van der Waals surface area (Å²) >= 11 is 0. The molecular weight excluding hydrogens is 178 g/mol. The van der Waals surface area contributed by atoms with Crippen LogP contribution in [-0.4, -0.2) is 19.2 Å². The van der Waals surface area contributed by atoms with E-state index < -0.39 is 0 Å². The van der Waals surface area contributed by atoms with Crippen LogP contribution >= 0.6 is 0 Å². The Hall–Kier alpha value is -1.25. The summed E-state index contributed by atoms with van der Waals surface area (Å²) in [5.74, 6) is 1.49. The molecule has 0 aromatic carbocycles. The van der Waals surface area contributed by atoms with Gasteiger partial charge in [0.2, 0.25) is 0 Å². The van der Waals surface area contributed by atoms with Crippen LogP contribution in [0.25, 0.3) is 0 Å². The summed E-state index contributed by atoms with van der Waals surface area (Å²) in [4.78, 5) is 4.34. The van der Waals surface area contributed by atoms with Gasteiger partial charge in [0.25, 0.3) is 0 Å². The van der Waals surface area contributed by atoms with Crippen molar-refractivity contribution in [1.29, 1.82) is 0 Å². The van der Waals surface area contributed by atoms with Gasteiger partial charge in [-0.3, -0.25) is 4.98 Å². The molecule has 0 aliphatic heterocycles. The van der Waals surface area contributed by atoms with Gasteiger partial charge >= 0.3 is 0 Å². The van der Waals surface area contributed by atoms with E-state index in [0.717, 1.165) is 17.2 Å². The van der Waals surface area contributed by atoms with Crippen LogP contribution in [-0.2, 0) is 5.41 Å². The number of rotatable bonds is 2. The number of nitrogens with zero attached hydrogens (tertiary/aromatic N) is 1. The van der Waals surface area contributed by atoms with Crippen molar-refractivity contribution in [2.24, 2.45) is 0 Å². The zero-order valence-corrected chi connectivity index (χ0v) is 9.42. The molecule has 0 aliphatic carbocycles. The van der Waals surface area contributed by atoms with Crippen molar-refractivity contribution in [3.63, 3.8) is 0 Å². The van der Waals surface area contributed by atoms with E-state index in [4.69, 9.17) is 9.47 Å². The van der Waals surface area contributed by atoms with E-state index in [2.05, 4.69) is 25.8 Å². The van der Waals surface area contributed by atoms with Crippen LogP contribution in [0.15, 0.2) is 12.3 Å². The van der Waals surface area contributed by atoms with Gasteiger partial charge in [-0.25, -0.2) is 0 Å². The van der Waals surface area contributed by atoms with E-state index in [1.54, 1.807) is 20.4 Å². The first-order valence-electron chi connectivity index (χ1n) is 4.57. The van der Waals surface area contributed by atoms with Crippen molar-refractivity contribution in [3.8, 4) is 11.5 Å². The molecule has 0 aliphatic rings. The summed E-state index contributed by atoms with van der Waals surface area (Å²) in [6.45, 7) is 6.30. The molecule has 1 aromatic heterocycles. The van der Waals surface area contributed by atoms with Gasteiger partial charge in [-0.1, -0.05) is 20.8 Å². The summed E-state index contributed by atoms with van der Waals surface area (Å²) in [6, 6.07) is 1.85. The normalized spacial score (nSPS) is 11.2. The maximum Gasteiger partial charge on any atom is 0.144 e. The van der Waals surface area contributed by atoms with Crippen molar-refractivity contribution in [1.82, 2.24) is 4.98 Å². The second-order valence-electron chi connectivity index (χ2n) is 4.18. The highest BCUT2D eigenvalue weighted by Crippen LogP contribution is 2.31. The number of aromatic nitrogens is 1. The van der Waals surface area contributed by atoms with Gasteiger partial charge in [0.1, 0.15) is 11.5 Å². The van der Waals surface area contributed by atoms with Crippen molar-refractivity contribution in [2.75, 3.05) is 14.2 Å². The Morgan fingerprint density at radius 1 is 1.14 bits per heavy atom. The van der Waals surface area contributed by atoms with Crippen LogP contribution in [0.5, 0.6) is 11.5 Å². The van der Waals surface area contributed by atoms with Crippen molar-refractivity contribution in [3.05, 3.63) is 18.0 Å². The highest BCUT2D eigenvalue weighted by atomic mass is 16.5. The Bertz CT molecular complexity index is 316. The minimum atomic E-state index is -0.0163. The molecule has 0 radical (unpaired) electrons. The number of hydrogen-bond acceptors (Lipinski definition) is 3. The molecule has 78 valence electrons. The first-order chi connectivity index (χ1) is 6.49. The second kappa shape index (κ2) is 3.86. The average Bonchev–Trinajstić information content (AvgIpc) is 2.15. The molecule has 0 unspecified atom stereocenters. The number of ether oxygens (including phenoxy) is 2. The highest BCUT2D eigenvalue weighted by molar-refractivity contribution is 5.38. The van der Waals surface area contributed by atoms with E-state index in [1.807, 2.05) is 6.07 Å². The summed E-state index contributed by atoms with van der Waals surface area (Å²) in [5, 5.41) is 0. The Balaban J connectivity index is 3.18. The van der Waals surface area contributed by atoms with Crippen molar-refractivity contribution < 1.29 is 9.47 Å². The van der Waals surface area contributed by atoms with Crippen molar-refractivity contribution >= 4 is 0 Å². The Labute approximate surface area is 85.1 Å². The number of methoxy groups -OCH3 is 2. The smallest absolute Gasteiger partial charge is 0.144 e. The van der Waals surface area contributed by atoms with Crippen molar-refractivity contribution in [2.45, 2.75) is 26.2 Å². The van der Waals surface area contributed by atoms with Crippen LogP contribution in [0.1, 0.15) is 26.5 Å². The topological polar surface area (TPSA) is 31.4 Å². The quantitative estimate of drug-likeness (QED) is 0.726. The molecular formula is C11H17NO2. The Kier molecular flexibility index (Phi) is 2.99. The summed E-state index contributed by atoms with van der Waals surface area (Å²) < 4.78 is 10.4. The molecule has 0 saturated carbocycles. The largest absolute Gasteiger partial charge is 0.495 e. The van der Waals surface area contributed by atoms with Gasteiger partial charge in [0.05, 0.1) is 26.1 Å². The molecule has 0 bridgehead atoms. The fraction of sp³-hybridized carbons (Fsp3) is 0.545. The molecule has 3 heteroatoms. The minimum Gasteiger partial charge on any atom is -0.495 e. The zero-order valence-electron chi connectivity index (χ0n) is 9.42. The summed E-state index contributed by atoms with van der Waals surface area (Å²) in [6.07, 6.45) is 1.71. The summed E-state index contributed by atoms with van der Waals surface area (Å²) in [5.41, 5.74) is 0.929. The lowest BCUT2D eigenvalue weighted by Gasteiger charge is -2.20. The van der Waals surface area contributed by atoms with Gasteiger partial charge in [0, 0.05) is 11.5 Å². The van der Waals surface area contributed by atoms with Crippen LogP contribution < -0.4 is 9.47 Å². The van der Waals surface area contributed by atoms with Gasteiger partial charge in [0.15, 0.2) is 0 Å². The fourth-order valence-electron chi connectivity index (χ4n) is 1.26. The molecule has 1 aromatic rings. The third-order valence-corrected chi connectivity index (χ3v) is 1.99. The molecule has 0 amide bonds. The van der Waals surface area contributed by atoms with E-state index in [1.165, 1.54) is 0 Å². The van der Waals surface area contributed by atoms with Gasteiger partial charge in [-0.2, -0.15) is 0 Å². The van der Waals surface area contributed by atoms with Gasteiger partial charge in [-0.15, -0.1) is 0 Å². The zero-order chi connectivity index (χ0) is 10.8. The molecule has 3 nitrogen and oxygen atoms in total. The number of pyridine rings is 1. The highest BCUT2D eigenvalue weighted by Gasteiger charge is 2.20. The second-order valence-corrected chi connectivity index (χ2v) is 4.18. The van der Waals surface area contributed by atoms with Crippen LogP contribution in [0.3, 0.4) is 0 Å². The standard InChI is InChI=1S/C11H17NO2/c1-11(2,3)10-9(14-5)6-8(13-4)7-12-10/h6-7H,1-5H3. The molecule has 14 heavy (non-hydrogen) atoms. The third kappa shape index (κ3) is 2.16. The predicted octanol–water partition coefficient (Wildman–Crippen LogP) is 2.40. The average molecular weight is 195 g/mol.